The average molecular weight is 429 g/mol. The summed E-state index contributed by atoms with van der Waals surface area (Å²) < 4.78 is 0. The minimum absolute atomic E-state index is 0.0780. The van der Waals surface area contributed by atoms with E-state index < -0.39 is 6.04 Å². The maximum Gasteiger partial charge on any atom is 0.261 e. The second kappa shape index (κ2) is 11.5. The van der Waals surface area contributed by atoms with Crippen LogP contribution in [0.3, 0.4) is 0 Å². The van der Waals surface area contributed by atoms with E-state index in [1.807, 2.05) is 56.3 Å². The van der Waals surface area contributed by atoms with E-state index in [1.54, 1.807) is 0 Å². The molecular weight excluding hydrogens is 396 g/mol. The van der Waals surface area contributed by atoms with Crippen molar-refractivity contribution in [2.75, 3.05) is 6.54 Å². The third-order valence-corrected chi connectivity index (χ3v) is 5.05. The molecule has 2 amide bonds. The van der Waals surface area contributed by atoms with E-state index in [-0.39, 0.29) is 24.2 Å². The van der Waals surface area contributed by atoms with E-state index in [2.05, 4.69) is 35.3 Å². The highest BCUT2D eigenvalue weighted by atomic mass is 32.1. The maximum absolute atomic E-state index is 12.7. The zero-order valence-corrected chi connectivity index (χ0v) is 18.9. The lowest BCUT2D eigenvalue weighted by Gasteiger charge is -2.22. The average Bonchev–Trinajstić information content (AvgIpc) is 2.70. The second-order valence-electron chi connectivity index (χ2n) is 8.16. The van der Waals surface area contributed by atoms with Crippen molar-refractivity contribution in [1.82, 2.24) is 21.5 Å². The van der Waals surface area contributed by atoms with Gasteiger partial charge >= 0.3 is 0 Å². The Labute approximate surface area is 184 Å². The highest BCUT2D eigenvalue weighted by Crippen LogP contribution is 2.19. The van der Waals surface area contributed by atoms with Crippen molar-refractivity contribution in [3.63, 3.8) is 0 Å². The summed E-state index contributed by atoms with van der Waals surface area (Å²) in [5, 5.41) is 8.39. The zero-order valence-electron chi connectivity index (χ0n) is 18.1. The van der Waals surface area contributed by atoms with Crippen molar-refractivity contribution >= 4 is 39.9 Å². The molecular formula is C23H32N4O2S. The minimum atomic E-state index is -0.668. The summed E-state index contributed by atoms with van der Waals surface area (Å²) in [4.78, 5) is 25.3. The Morgan fingerprint density at radius 1 is 0.967 bits per heavy atom. The lowest BCUT2D eigenvalue weighted by Crippen LogP contribution is -2.56. The monoisotopic (exact) mass is 428 g/mol. The van der Waals surface area contributed by atoms with Gasteiger partial charge in [0.25, 0.3) is 5.91 Å². The number of fused-ring (bicyclic) bond motifs is 1. The van der Waals surface area contributed by atoms with Crippen molar-refractivity contribution in [2.45, 2.75) is 46.6 Å². The fourth-order valence-corrected chi connectivity index (χ4v) is 3.25. The molecule has 0 heterocycles. The summed E-state index contributed by atoms with van der Waals surface area (Å²) >= 11 is 5.17. The summed E-state index contributed by atoms with van der Waals surface area (Å²) in [5.41, 5.74) is 6.23. The van der Waals surface area contributed by atoms with Crippen LogP contribution in [0.5, 0.6) is 0 Å². The van der Waals surface area contributed by atoms with Crippen LogP contribution in [-0.4, -0.2) is 29.5 Å². The topological polar surface area (TPSA) is 82.3 Å². The maximum atomic E-state index is 12.7. The Hall–Kier alpha value is -2.67. The molecule has 0 saturated heterocycles. The van der Waals surface area contributed by atoms with Gasteiger partial charge < -0.3 is 10.6 Å². The van der Waals surface area contributed by atoms with E-state index >= 15 is 0 Å². The Kier molecular flexibility index (Phi) is 9.05. The number of hydrazine groups is 1. The van der Waals surface area contributed by atoms with Gasteiger partial charge in [0.05, 0.1) is 6.42 Å². The van der Waals surface area contributed by atoms with E-state index in [0.29, 0.717) is 11.0 Å². The van der Waals surface area contributed by atoms with Crippen LogP contribution in [0.25, 0.3) is 10.8 Å². The minimum Gasteiger partial charge on any atom is -0.361 e. The Morgan fingerprint density at radius 2 is 1.67 bits per heavy atom. The number of hydrogen-bond donors (Lipinski definition) is 4. The van der Waals surface area contributed by atoms with Crippen LogP contribution in [-0.2, 0) is 16.0 Å². The Morgan fingerprint density at radius 3 is 2.37 bits per heavy atom. The molecule has 0 fully saturated rings. The molecule has 2 aromatic carbocycles. The molecule has 0 unspecified atom stereocenters. The van der Waals surface area contributed by atoms with Crippen LogP contribution in [0.4, 0.5) is 0 Å². The van der Waals surface area contributed by atoms with Gasteiger partial charge in [-0.15, -0.1) is 0 Å². The Bertz CT molecular complexity index is 877. The first kappa shape index (κ1) is 23.6. The summed E-state index contributed by atoms with van der Waals surface area (Å²) in [6.45, 7) is 8.78. The molecule has 2 rings (SSSR count). The van der Waals surface area contributed by atoms with Crippen molar-refractivity contribution < 1.29 is 9.59 Å². The standard InChI is InChI=1S/C23H32N4O2S/c1-15(2)12-13-24-23(30)27-26-22(29)21(16(3)4)25-20(28)14-18-10-7-9-17-8-5-6-11-19(17)18/h5-11,15-16,21H,12-14H2,1-4H3,(H,25,28)(H,26,29)(H2,24,27,30)/t21-/m0/s1. The molecule has 0 radical (unpaired) electrons. The molecule has 0 aliphatic heterocycles. The molecule has 0 aromatic heterocycles. The molecule has 0 bridgehead atoms. The molecule has 1 atom stereocenters. The predicted molar refractivity (Wildman–Crippen MR) is 126 cm³/mol. The highest BCUT2D eigenvalue weighted by Gasteiger charge is 2.24. The number of carbonyl (C=O) groups excluding carboxylic acids is 2. The number of benzene rings is 2. The van der Waals surface area contributed by atoms with Crippen molar-refractivity contribution in [2.24, 2.45) is 11.8 Å². The van der Waals surface area contributed by atoms with Gasteiger partial charge in [0.1, 0.15) is 6.04 Å². The number of rotatable bonds is 8. The van der Waals surface area contributed by atoms with Gasteiger partial charge in [-0.1, -0.05) is 70.2 Å². The van der Waals surface area contributed by atoms with E-state index in [0.717, 1.165) is 29.3 Å². The van der Waals surface area contributed by atoms with Crippen LogP contribution < -0.4 is 21.5 Å². The highest BCUT2D eigenvalue weighted by molar-refractivity contribution is 7.80. The third kappa shape index (κ3) is 7.30. The van der Waals surface area contributed by atoms with Gasteiger partial charge in [-0.3, -0.25) is 20.4 Å². The molecule has 0 aliphatic rings. The third-order valence-electron chi connectivity index (χ3n) is 4.80. The molecule has 4 N–H and O–H groups in total. The van der Waals surface area contributed by atoms with E-state index in [9.17, 15) is 9.59 Å². The first-order valence-corrected chi connectivity index (χ1v) is 10.8. The first-order chi connectivity index (χ1) is 14.3. The number of amides is 2. The van der Waals surface area contributed by atoms with Gasteiger partial charge in [-0.25, -0.2) is 0 Å². The fraction of sp³-hybridized carbons (Fsp3) is 0.435. The molecule has 30 heavy (non-hydrogen) atoms. The van der Waals surface area contributed by atoms with E-state index in [4.69, 9.17) is 12.2 Å². The van der Waals surface area contributed by atoms with Crippen LogP contribution >= 0.6 is 12.2 Å². The van der Waals surface area contributed by atoms with Gasteiger partial charge in [-0.2, -0.15) is 0 Å². The predicted octanol–water partition coefficient (Wildman–Crippen LogP) is 3.06. The summed E-state index contributed by atoms with van der Waals surface area (Å²) in [6, 6.07) is 13.2. The molecule has 6 nitrogen and oxygen atoms in total. The zero-order chi connectivity index (χ0) is 22.1. The number of thiocarbonyl (C=S) groups is 1. The molecule has 0 aliphatic carbocycles. The first-order valence-electron chi connectivity index (χ1n) is 10.4. The van der Waals surface area contributed by atoms with Crippen molar-refractivity contribution in [3.8, 4) is 0 Å². The molecule has 0 spiro atoms. The molecule has 7 heteroatoms. The lowest BCUT2D eigenvalue weighted by atomic mass is 10.0. The largest absolute Gasteiger partial charge is 0.361 e. The number of carbonyl (C=O) groups is 2. The quantitative estimate of drug-likeness (QED) is 0.384. The fourth-order valence-electron chi connectivity index (χ4n) is 3.09. The smallest absolute Gasteiger partial charge is 0.261 e. The molecule has 162 valence electrons. The number of hydrogen-bond acceptors (Lipinski definition) is 3. The van der Waals surface area contributed by atoms with Crippen LogP contribution in [0.1, 0.15) is 39.7 Å². The van der Waals surface area contributed by atoms with Crippen molar-refractivity contribution in [3.05, 3.63) is 48.0 Å². The van der Waals surface area contributed by atoms with Crippen LogP contribution in [0, 0.1) is 11.8 Å². The second-order valence-corrected chi connectivity index (χ2v) is 8.57. The normalized spacial score (nSPS) is 11.9. The summed E-state index contributed by atoms with van der Waals surface area (Å²) in [6.07, 6.45) is 1.19. The van der Waals surface area contributed by atoms with Gasteiger partial charge in [-0.05, 0) is 46.8 Å². The van der Waals surface area contributed by atoms with Gasteiger partial charge in [0, 0.05) is 6.54 Å². The molecule has 0 saturated carbocycles. The number of nitrogens with one attached hydrogen (secondary N) is 4. The molecule has 2 aromatic rings. The van der Waals surface area contributed by atoms with Gasteiger partial charge in [0.15, 0.2) is 5.11 Å². The van der Waals surface area contributed by atoms with Crippen LogP contribution in [0.2, 0.25) is 0 Å². The SMILES string of the molecule is CC(C)CCNC(=S)NNC(=O)[C@@H](NC(=O)Cc1cccc2ccccc12)C(C)C. The van der Waals surface area contributed by atoms with E-state index in [1.165, 1.54) is 0 Å². The lowest BCUT2D eigenvalue weighted by molar-refractivity contribution is -0.130. The summed E-state index contributed by atoms with van der Waals surface area (Å²) in [7, 11) is 0. The van der Waals surface area contributed by atoms with Crippen molar-refractivity contribution in [1.29, 1.82) is 0 Å². The van der Waals surface area contributed by atoms with Gasteiger partial charge in [0.2, 0.25) is 5.91 Å². The summed E-state index contributed by atoms with van der Waals surface area (Å²) in [5.74, 6) is -0.0370. The Balaban J connectivity index is 1.91. The van der Waals surface area contributed by atoms with Crippen LogP contribution in [0.15, 0.2) is 42.5 Å².